The van der Waals surface area contributed by atoms with Crippen LogP contribution in [0.25, 0.3) is 0 Å². The summed E-state index contributed by atoms with van der Waals surface area (Å²) in [4.78, 5) is 33.9. The van der Waals surface area contributed by atoms with Gasteiger partial charge in [-0.1, -0.05) is 12.1 Å². The van der Waals surface area contributed by atoms with Crippen molar-refractivity contribution in [3.8, 4) is 0 Å². The highest BCUT2D eigenvalue weighted by Crippen LogP contribution is 2.19. The number of esters is 1. The van der Waals surface area contributed by atoms with E-state index in [0.29, 0.717) is 19.7 Å². The minimum absolute atomic E-state index is 0. The summed E-state index contributed by atoms with van der Waals surface area (Å²) in [6.45, 7) is 8.74. The molecule has 1 aromatic carbocycles. The van der Waals surface area contributed by atoms with Crippen molar-refractivity contribution in [3.63, 3.8) is 0 Å². The van der Waals surface area contributed by atoms with E-state index in [1.165, 1.54) is 6.42 Å². The summed E-state index contributed by atoms with van der Waals surface area (Å²) >= 11 is 0. The minimum Gasteiger partial charge on any atom is -0.466 e. The number of hydrogen-bond acceptors (Lipinski definition) is 4. The molecule has 7 nitrogen and oxygen atoms in total. The zero-order valence-electron chi connectivity index (χ0n) is 19.3. The van der Waals surface area contributed by atoms with Crippen LogP contribution in [0.2, 0.25) is 0 Å². The Morgan fingerprint density at radius 3 is 2.56 bits per heavy atom. The molecule has 1 aromatic rings. The van der Waals surface area contributed by atoms with Gasteiger partial charge in [-0.2, -0.15) is 0 Å². The lowest BCUT2D eigenvalue weighted by Gasteiger charge is -2.34. The van der Waals surface area contributed by atoms with Crippen molar-refractivity contribution in [1.29, 1.82) is 0 Å². The van der Waals surface area contributed by atoms with Crippen molar-refractivity contribution in [2.45, 2.75) is 52.5 Å². The number of rotatable bonds is 6. The van der Waals surface area contributed by atoms with E-state index in [9.17, 15) is 9.59 Å². The van der Waals surface area contributed by atoms with Gasteiger partial charge in [0, 0.05) is 38.3 Å². The number of nitrogens with one attached hydrogen (secondary N) is 1. The number of amides is 1. The van der Waals surface area contributed by atoms with Gasteiger partial charge < -0.3 is 19.9 Å². The predicted molar refractivity (Wildman–Crippen MR) is 137 cm³/mol. The summed E-state index contributed by atoms with van der Waals surface area (Å²) in [6.07, 6.45) is 5.18. The van der Waals surface area contributed by atoms with E-state index in [4.69, 9.17) is 9.73 Å². The summed E-state index contributed by atoms with van der Waals surface area (Å²) in [7, 11) is 0. The molecule has 32 heavy (non-hydrogen) atoms. The third-order valence-electron chi connectivity index (χ3n) is 5.90. The highest BCUT2D eigenvalue weighted by Gasteiger charge is 2.28. The molecule has 0 saturated carbocycles. The molecule has 2 fully saturated rings. The zero-order chi connectivity index (χ0) is 22.1. The van der Waals surface area contributed by atoms with E-state index in [-0.39, 0.29) is 41.8 Å². The maximum atomic E-state index is 12.8. The first kappa shape index (κ1) is 26.4. The van der Waals surface area contributed by atoms with Gasteiger partial charge in [0.2, 0.25) is 0 Å². The van der Waals surface area contributed by atoms with Gasteiger partial charge in [-0.15, -0.1) is 24.0 Å². The van der Waals surface area contributed by atoms with E-state index in [0.717, 1.165) is 68.9 Å². The van der Waals surface area contributed by atoms with Crippen LogP contribution in [0.15, 0.2) is 29.3 Å². The fourth-order valence-corrected chi connectivity index (χ4v) is 4.30. The Balaban J connectivity index is 0.00000363. The normalized spacial score (nSPS) is 19.2. The molecule has 2 heterocycles. The van der Waals surface area contributed by atoms with Crippen LogP contribution in [0.3, 0.4) is 0 Å². The topological polar surface area (TPSA) is 74.2 Å². The summed E-state index contributed by atoms with van der Waals surface area (Å²) in [6, 6.07) is 7.80. The maximum absolute atomic E-state index is 12.8. The van der Waals surface area contributed by atoms with Crippen LogP contribution in [0.4, 0.5) is 0 Å². The average molecular weight is 556 g/mol. The number of carbonyl (C=O) groups excluding carboxylic acids is 2. The standard InChI is InChI=1S/C24H36N4O3.HI/c1-3-25-24(28-15-9-12-21(18-28)23(30)31-4-2)26-17-19-10-8-11-20(16-19)22(29)27-13-6-5-7-14-27;/h8,10-11,16,21H,3-7,9,12-15,17-18H2,1-2H3,(H,25,26);1H/t21-;/m1./s1. The monoisotopic (exact) mass is 556 g/mol. The summed E-state index contributed by atoms with van der Waals surface area (Å²) < 4.78 is 5.22. The molecule has 1 amide bonds. The fourth-order valence-electron chi connectivity index (χ4n) is 4.30. The predicted octanol–water partition coefficient (Wildman–Crippen LogP) is 3.67. The van der Waals surface area contributed by atoms with Crippen LogP contribution < -0.4 is 5.32 Å². The van der Waals surface area contributed by atoms with E-state index in [2.05, 4.69) is 10.2 Å². The lowest BCUT2D eigenvalue weighted by Crippen LogP contribution is -2.48. The molecule has 0 bridgehead atoms. The van der Waals surface area contributed by atoms with Gasteiger partial charge in [0.15, 0.2) is 5.96 Å². The van der Waals surface area contributed by atoms with E-state index in [1.54, 1.807) is 0 Å². The van der Waals surface area contributed by atoms with Crippen LogP contribution in [0.1, 0.15) is 61.9 Å². The van der Waals surface area contributed by atoms with E-state index < -0.39 is 0 Å². The van der Waals surface area contributed by atoms with Gasteiger partial charge in [-0.25, -0.2) is 4.99 Å². The smallest absolute Gasteiger partial charge is 0.310 e. The van der Waals surface area contributed by atoms with Crippen LogP contribution >= 0.6 is 24.0 Å². The molecule has 8 heteroatoms. The molecule has 0 aliphatic carbocycles. The molecule has 2 aliphatic heterocycles. The van der Waals surface area contributed by atoms with Crippen LogP contribution in [-0.4, -0.2) is 67.0 Å². The average Bonchev–Trinajstić information content (AvgIpc) is 2.82. The molecule has 3 rings (SSSR count). The molecule has 1 atom stereocenters. The lowest BCUT2D eigenvalue weighted by atomic mass is 9.98. The number of aliphatic imine (C=N–C) groups is 1. The number of benzene rings is 1. The minimum atomic E-state index is -0.119. The van der Waals surface area contributed by atoms with Gasteiger partial charge in [-0.3, -0.25) is 9.59 Å². The number of guanidine groups is 1. The Kier molecular flexibility index (Phi) is 11.3. The van der Waals surface area contributed by atoms with Crippen molar-refractivity contribution in [2.75, 3.05) is 39.3 Å². The molecule has 0 spiro atoms. The summed E-state index contributed by atoms with van der Waals surface area (Å²) in [5.41, 5.74) is 1.75. The van der Waals surface area contributed by atoms with Crippen molar-refractivity contribution >= 4 is 41.8 Å². The van der Waals surface area contributed by atoms with Gasteiger partial charge in [-0.05, 0) is 63.6 Å². The summed E-state index contributed by atoms with van der Waals surface area (Å²) in [5.74, 6) is 0.699. The Morgan fingerprint density at radius 2 is 1.84 bits per heavy atom. The number of likely N-dealkylation sites (tertiary alicyclic amines) is 2. The third-order valence-corrected chi connectivity index (χ3v) is 5.90. The van der Waals surface area contributed by atoms with Crippen molar-refractivity contribution < 1.29 is 14.3 Å². The molecule has 0 unspecified atom stereocenters. The van der Waals surface area contributed by atoms with Crippen molar-refractivity contribution in [2.24, 2.45) is 10.9 Å². The van der Waals surface area contributed by atoms with Crippen molar-refractivity contribution in [3.05, 3.63) is 35.4 Å². The number of piperidine rings is 2. The Hall–Kier alpha value is -1.84. The largest absolute Gasteiger partial charge is 0.466 e. The van der Waals surface area contributed by atoms with Crippen molar-refractivity contribution in [1.82, 2.24) is 15.1 Å². The van der Waals surface area contributed by atoms with Gasteiger partial charge in [0.05, 0.1) is 19.1 Å². The molecular formula is C24H37IN4O3. The Morgan fingerprint density at radius 1 is 1.09 bits per heavy atom. The second kappa shape index (κ2) is 13.6. The molecule has 2 saturated heterocycles. The maximum Gasteiger partial charge on any atom is 0.310 e. The molecule has 178 valence electrons. The number of halogens is 1. The molecular weight excluding hydrogens is 519 g/mol. The quantitative estimate of drug-likeness (QED) is 0.251. The van der Waals surface area contributed by atoms with Crippen LogP contribution in [0.5, 0.6) is 0 Å². The zero-order valence-corrected chi connectivity index (χ0v) is 21.7. The fraction of sp³-hybridized carbons (Fsp3) is 0.625. The first-order valence-electron chi connectivity index (χ1n) is 11.7. The Labute approximate surface area is 209 Å². The van der Waals surface area contributed by atoms with Crippen LogP contribution in [0, 0.1) is 5.92 Å². The molecule has 2 aliphatic rings. The first-order chi connectivity index (χ1) is 15.1. The highest BCUT2D eigenvalue weighted by molar-refractivity contribution is 14.0. The third kappa shape index (κ3) is 7.35. The van der Waals surface area contributed by atoms with Gasteiger partial charge >= 0.3 is 5.97 Å². The second-order valence-corrected chi connectivity index (χ2v) is 8.26. The number of ether oxygens (including phenoxy) is 1. The summed E-state index contributed by atoms with van der Waals surface area (Å²) in [5, 5.41) is 3.35. The van der Waals surface area contributed by atoms with Gasteiger partial charge in [0.1, 0.15) is 0 Å². The van der Waals surface area contributed by atoms with Gasteiger partial charge in [0.25, 0.3) is 5.91 Å². The molecule has 0 aromatic heterocycles. The second-order valence-electron chi connectivity index (χ2n) is 8.26. The number of nitrogens with zero attached hydrogens (tertiary/aromatic N) is 3. The Bertz CT molecular complexity index is 780. The van der Waals surface area contributed by atoms with E-state index in [1.807, 2.05) is 43.0 Å². The molecule has 1 N–H and O–H groups in total. The number of hydrogen-bond donors (Lipinski definition) is 1. The van der Waals surface area contributed by atoms with Crippen LogP contribution in [-0.2, 0) is 16.1 Å². The van der Waals surface area contributed by atoms with E-state index >= 15 is 0 Å². The SMILES string of the molecule is CCNC(=NCc1cccc(C(=O)N2CCCCC2)c1)N1CCC[C@@H](C(=O)OCC)C1.I. The lowest BCUT2D eigenvalue weighted by molar-refractivity contribution is -0.149. The first-order valence-corrected chi connectivity index (χ1v) is 11.7. The molecule has 0 radical (unpaired) electrons. The number of carbonyl (C=O) groups is 2. The highest BCUT2D eigenvalue weighted by atomic mass is 127.